The maximum absolute atomic E-state index is 16.7. The molecule has 8 rings (SSSR count). The van der Waals surface area contributed by atoms with Gasteiger partial charge in [-0.25, -0.2) is 23.1 Å². The fourth-order valence-corrected chi connectivity index (χ4v) is 8.44. The fraction of sp³-hybridized carbons (Fsp3) is 0.600. The van der Waals surface area contributed by atoms with Gasteiger partial charge in [0, 0.05) is 31.6 Å². The molecule has 46 heavy (non-hydrogen) atoms. The fourth-order valence-electron chi connectivity index (χ4n) is 8.44. The molecule has 4 saturated heterocycles. The first-order chi connectivity index (χ1) is 21.8. The minimum absolute atomic E-state index is 0.00963. The van der Waals surface area contributed by atoms with E-state index < -0.39 is 69.5 Å². The van der Waals surface area contributed by atoms with Crippen LogP contribution < -0.4 is 25.4 Å². The Morgan fingerprint density at radius 2 is 1.91 bits per heavy atom. The van der Waals surface area contributed by atoms with Gasteiger partial charge in [0.05, 0.1) is 28.4 Å². The summed E-state index contributed by atoms with van der Waals surface area (Å²) < 4.78 is 102. The molecular formula is C30H32F6N8O2. The molecule has 246 valence electrons. The van der Waals surface area contributed by atoms with E-state index in [1.54, 1.807) is 6.92 Å². The van der Waals surface area contributed by atoms with E-state index in [-0.39, 0.29) is 54.2 Å². The molecule has 3 aromatic heterocycles. The van der Waals surface area contributed by atoms with E-state index >= 15 is 8.78 Å². The first kappa shape index (κ1) is 29.7. The van der Waals surface area contributed by atoms with Gasteiger partial charge in [-0.15, -0.1) is 0 Å². The lowest BCUT2D eigenvalue weighted by Crippen LogP contribution is -2.62. The molecule has 0 aromatic carbocycles. The van der Waals surface area contributed by atoms with Gasteiger partial charge in [-0.2, -0.15) is 23.1 Å². The van der Waals surface area contributed by atoms with Gasteiger partial charge in [-0.1, -0.05) is 0 Å². The van der Waals surface area contributed by atoms with Crippen LogP contribution in [0.3, 0.4) is 0 Å². The topological polar surface area (TPSA) is 115 Å². The van der Waals surface area contributed by atoms with Gasteiger partial charge >= 0.3 is 12.2 Å². The highest BCUT2D eigenvalue weighted by Crippen LogP contribution is 2.48. The van der Waals surface area contributed by atoms with Crippen LogP contribution in [0.5, 0.6) is 11.9 Å². The van der Waals surface area contributed by atoms with Crippen molar-refractivity contribution in [3.8, 4) is 23.1 Å². The third kappa shape index (κ3) is 4.38. The quantitative estimate of drug-likeness (QED) is 0.396. The number of fused-ring (bicyclic) bond motifs is 6. The molecule has 2 bridgehead atoms. The number of hydrogen-bond donors (Lipinski definition) is 2. The van der Waals surface area contributed by atoms with E-state index in [1.807, 2.05) is 9.80 Å². The number of hydrogen-bond acceptors (Lipinski definition) is 10. The maximum Gasteiger partial charge on any atom is 0.418 e. The second kappa shape index (κ2) is 10.2. The molecule has 0 saturated carbocycles. The number of anilines is 2. The molecule has 3 N–H and O–H groups in total. The third-order valence-corrected chi connectivity index (χ3v) is 10.3. The van der Waals surface area contributed by atoms with Crippen molar-refractivity contribution >= 4 is 22.5 Å². The number of halogens is 6. The molecule has 4 fully saturated rings. The predicted molar refractivity (Wildman–Crippen MR) is 154 cm³/mol. The zero-order chi connectivity index (χ0) is 32.3. The molecule has 6 atom stereocenters. The van der Waals surface area contributed by atoms with Crippen LogP contribution in [-0.4, -0.2) is 87.0 Å². The molecule has 8 heterocycles. The number of pyridine rings is 2. The van der Waals surface area contributed by atoms with Crippen LogP contribution in [0.4, 0.5) is 38.0 Å². The summed E-state index contributed by atoms with van der Waals surface area (Å²) in [7, 11) is 0. The predicted octanol–water partition coefficient (Wildman–Crippen LogP) is 4.32. The second-order valence-electron chi connectivity index (χ2n) is 13.2. The first-order valence-corrected chi connectivity index (χ1v) is 15.5. The molecule has 0 spiro atoms. The van der Waals surface area contributed by atoms with Crippen LogP contribution in [0, 0.1) is 18.6 Å². The minimum atomic E-state index is -5.12. The van der Waals surface area contributed by atoms with Crippen LogP contribution in [0.2, 0.25) is 0 Å². The van der Waals surface area contributed by atoms with Gasteiger partial charge in [0.1, 0.15) is 41.3 Å². The molecule has 0 unspecified atom stereocenters. The van der Waals surface area contributed by atoms with Crippen LogP contribution >= 0.6 is 0 Å². The van der Waals surface area contributed by atoms with Crippen molar-refractivity contribution in [2.75, 3.05) is 36.9 Å². The number of rotatable bonds is 4. The summed E-state index contributed by atoms with van der Waals surface area (Å²) in [6.45, 7) is 4.36. The van der Waals surface area contributed by atoms with E-state index in [1.165, 1.54) is 0 Å². The Morgan fingerprint density at radius 3 is 2.70 bits per heavy atom. The van der Waals surface area contributed by atoms with Gasteiger partial charge in [0.2, 0.25) is 5.88 Å². The van der Waals surface area contributed by atoms with Crippen LogP contribution in [-0.2, 0) is 6.18 Å². The Balaban J connectivity index is 1.34. The summed E-state index contributed by atoms with van der Waals surface area (Å²) in [5, 5.41) is 3.62. The molecule has 16 heteroatoms. The van der Waals surface area contributed by atoms with Crippen molar-refractivity contribution < 1.29 is 35.8 Å². The van der Waals surface area contributed by atoms with Crippen molar-refractivity contribution in [1.29, 1.82) is 0 Å². The molecule has 3 aromatic rings. The van der Waals surface area contributed by atoms with E-state index in [0.29, 0.717) is 19.5 Å². The number of nitrogens with zero attached hydrogens (tertiary/aromatic N) is 6. The van der Waals surface area contributed by atoms with E-state index in [0.717, 1.165) is 32.7 Å². The van der Waals surface area contributed by atoms with Gasteiger partial charge in [-0.3, -0.25) is 4.90 Å². The second-order valence-corrected chi connectivity index (χ2v) is 13.2. The summed E-state index contributed by atoms with van der Waals surface area (Å²) in [4.78, 5) is 20.8. The lowest BCUT2D eigenvalue weighted by atomic mass is 9.95. The molecule has 5 aliphatic rings. The van der Waals surface area contributed by atoms with Gasteiger partial charge in [-0.05, 0) is 46.1 Å². The van der Waals surface area contributed by atoms with Crippen molar-refractivity contribution in [2.24, 2.45) is 0 Å². The summed E-state index contributed by atoms with van der Waals surface area (Å²) in [5.74, 6) is -3.69. The zero-order valence-corrected chi connectivity index (χ0v) is 25.1. The number of ether oxygens (including phenoxy) is 2. The molecule has 5 aliphatic heterocycles. The van der Waals surface area contributed by atoms with Crippen LogP contribution in [0.1, 0.15) is 50.3 Å². The summed E-state index contributed by atoms with van der Waals surface area (Å²) in [5.41, 5.74) is 0.347. The normalized spacial score (nSPS) is 30.3. The molecular weight excluding hydrogens is 618 g/mol. The Kier molecular flexibility index (Phi) is 6.57. The molecule has 0 radical (unpaired) electrons. The zero-order valence-electron chi connectivity index (χ0n) is 25.1. The molecule has 0 amide bonds. The Bertz CT molecular complexity index is 1760. The Morgan fingerprint density at radius 1 is 1.11 bits per heavy atom. The summed E-state index contributed by atoms with van der Waals surface area (Å²) in [6, 6.07) is -0.407. The van der Waals surface area contributed by atoms with E-state index in [9.17, 15) is 17.6 Å². The van der Waals surface area contributed by atoms with E-state index in [2.05, 4.69) is 20.3 Å². The smallest absolute Gasteiger partial charge is 0.418 e. The third-order valence-electron chi connectivity index (χ3n) is 10.3. The number of aryl methyl sites for hydroxylation is 1. The summed E-state index contributed by atoms with van der Waals surface area (Å²) in [6.07, 6.45) is -3.10. The Hall–Kier alpha value is -3.66. The molecule has 10 nitrogen and oxygen atoms in total. The van der Waals surface area contributed by atoms with Gasteiger partial charge in [0.15, 0.2) is 17.5 Å². The average molecular weight is 651 g/mol. The standard InChI is InChI=1S/C30H32F6N8O2/c1-12-19(30(34,35)36)17(20(32)25(37)38-12)22-21(33)23-18-26(42-28(41-23)45-11-29-6-3-7-43(29)9-14(31)8-29)44-10-15-4-5-16(39-15)24(44)13(2)46-27(18)40-22/h13-16,24,39H,3-11H2,1-2H3,(H2,37,38)/t13-,14+,15+,16-,24+,29-/m0/s1. The number of aromatic nitrogens is 4. The number of nitrogen functional groups attached to an aromatic ring is 1. The summed E-state index contributed by atoms with van der Waals surface area (Å²) >= 11 is 0. The Labute approximate surface area is 259 Å². The minimum Gasteiger partial charge on any atom is -0.472 e. The SMILES string of the molecule is Cc1nc(N)c(F)c(-c2nc3c4c(nc(OC[C@@]56CCCN5C[C@H](F)C6)nc4c2F)N2C[C@H]4CC[C@H](N4)[C@H]2[C@H](C)O3)c1C(F)(F)F. The van der Waals surface area contributed by atoms with Crippen molar-refractivity contribution in [3.05, 3.63) is 22.9 Å². The average Bonchev–Trinajstić information content (AvgIpc) is 3.62. The number of nitrogens with one attached hydrogen (secondary N) is 1. The number of nitrogens with two attached hydrogens (primary N) is 1. The lowest BCUT2D eigenvalue weighted by Gasteiger charge is -2.42. The highest BCUT2D eigenvalue weighted by molar-refractivity contribution is 5.97. The maximum atomic E-state index is 16.7. The van der Waals surface area contributed by atoms with Crippen molar-refractivity contribution in [2.45, 2.75) is 88.1 Å². The van der Waals surface area contributed by atoms with Gasteiger partial charge < -0.3 is 25.4 Å². The number of alkyl halides is 4. The first-order valence-electron chi connectivity index (χ1n) is 15.5. The highest BCUT2D eigenvalue weighted by Gasteiger charge is 2.50. The van der Waals surface area contributed by atoms with Crippen LogP contribution in [0.25, 0.3) is 22.2 Å². The largest absolute Gasteiger partial charge is 0.472 e. The molecule has 0 aliphatic carbocycles. The van der Waals surface area contributed by atoms with Crippen molar-refractivity contribution in [3.63, 3.8) is 0 Å². The van der Waals surface area contributed by atoms with Crippen LogP contribution in [0.15, 0.2) is 0 Å². The van der Waals surface area contributed by atoms with Gasteiger partial charge in [0.25, 0.3) is 0 Å². The lowest BCUT2D eigenvalue weighted by molar-refractivity contribution is -0.138. The van der Waals surface area contributed by atoms with E-state index in [4.69, 9.17) is 20.2 Å². The number of piperazine rings is 1. The van der Waals surface area contributed by atoms with Crippen molar-refractivity contribution in [1.82, 2.24) is 30.2 Å². The highest BCUT2D eigenvalue weighted by atomic mass is 19.4. The monoisotopic (exact) mass is 650 g/mol.